The average molecular weight is 295 g/mol. The molecule has 0 bridgehead atoms. The average Bonchev–Trinajstić information content (AvgIpc) is 2.98. The molecule has 0 radical (unpaired) electrons. The van der Waals surface area contributed by atoms with Gasteiger partial charge in [-0.05, 0) is 44.7 Å². The number of nitrogens with one attached hydrogen (secondary N) is 2. The summed E-state index contributed by atoms with van der Waals surface area (Å²) in [5, 5.41) is 6.47. The highest BCUT2D eigenvalue weighted by Gasteiger charge is 2.25. The van der Waals surface area contributed by atoms with E-state index in [1.807, 2.05) is 18.7 Å². The number of likely N-dealkylation sites (tertiary alicyclic amines) is 1. The van der Waals surface area contributed by atoms with Gasteiger partial charge in [-0.1, -0.05) is 13.8 Å². The molecule has 0 aromatic heterocycles. The molecule has 0 aromatic carbocycles. The summed E-state index contributed by atoms with van der Waals surface area (Å²) in [6.45, 7) is 7.57. The summed E-state index contributed by atoms with van der Waals surface area (Å²) in [4.78, 5) is 25.8. The molecule has 2 heterocycles. The molecule has 2 rings (SSSR count). The van der Waals surface area contributed by atoms with E-state index in [2.05, 4.69) is 10.6 Å². The zero-order valence-corrected chi connectivity index (χ0v) is 13.4. The largest absolute Gasteiger partial charge is 0.353 e. The predicted molar refractivity (Wildman–Crippen MR) is 82.8 cm³/mol. The standard InChI is InChI=1S/C16H29N3O2/c1-12(2)16(21)19-9-6-14(7-10-19)18-15(20)4-3-13-5-8-17-11-13/h12-14,17H,3-11H2,1-2H3,(H,18,20). The summed E-state index contributed by atoms with van der Waals surface area (Å²) in [5.41, 5.74) is 0. The smallest absolute Gasteiger partial charge is 0.225 e. The Hall–Kier alpha value is -1.10. The second-order valence-electron chi connectivity index (χ2n) is 6.72. The van der Waals surface area contributed by atoms with Crippen molar-refractivity contribution in [1.82, 2.24) is 15.5 Å². The van der Waals surface area contributed by atoms with Crippen molar-refractivity contribution in [2.24, 2.45) is 11.8 Å². The van der Waals surface area contributed by atoms with Crippen LogP contribution >= 0.6 is 0 Å². The molecule has 2 aliphatic heterocycles. The van der Waals surface area contributed by atoms with Crippen LogP contribution in [0.15, 0.2) is 0 Å². The maximum absolute atomic E-state index is 12.0. The minimum Gasteiger partial charge on any atom is -0.353 e. The maximum atomic E-state index is 12.0. The van der Waals surface area contributed by atoms with Crippen molar-refractivity contribution in [2.75, 3.05) is 26.2 Å². The Morgan fingerprint density at radius 1 is 1.24 bits per heavy atom. The molecular formula is C16H29N3O2. The zero-order chi connectivity index (χ0) is 15.2. The number of carbonyl (C=O) groups excluding carboxylic acids is 2. The number of nitrogens with zero attached hydrogens (tertiary/aromatic N) is 1. The lowest BCUT2D eigenvalue weighted by Crippen LogP contribution is -2.47. The second-order valence-corrected chi connectivity index (χ2v) is 6.72. The maximum Gasteiger partial charge on any atom is 0.225 e. The minimum atomic E-state index is 0.0659. The van der Waals surface area contributed by atoms with Crippen molar-refractivity contribution in [3.8, 4) is 0 Å². The number of piperidine rings is 1. The highest BCUT2D eigenvalue weighted by atomic mass is 16.2. The predicted octanol–water partition coefficient (Wildman–Crippen LogP) is 1.14. The molecule has 21 heavy (non-hydrogen) atoms. The van der Waals surface area contributed by atoms with E-state index in [-0.39, 0.29) is 23.8 Å². The second kappa shape index (κ2) is 7.78. The van der Waals surface area contributed by atoms with Crippen LogP contribution in [0.5, 0.6) is 0 Å². The molecule has 1 atom stereocenters. The van der Waals surface area contributed by atoms with E-state index in [0.717, 1.165) is 45.4 Å². The fourth-order valence-electron chi connectivity index (χ4n) is 3.21. The van der Waals surface area contributed by atoms with Crippen molar-refractivity contribution in [1.29, 1.82) is 0 Å². The molecule has 2 aliphatic rings. The molecule has 2 N–H and O–H groups in total. The lowest BCUT2D eigenvalue weighted by Gasteiger charge is -2.33. The fraction of sp³-hybridized carbons (Fsp3) is 0.875. The van der Waals surface area contributed by atoms with Gasteiger partial charge in [-0.15, -0.1) is 0 Å². The number of rotatable bonds is 5. The first-order valence-electron chi connectivity index (χ1n) is 8.35. The number of hydrogen-bond donors (Lipinski definition) is 2. The van der Waals surface area contributed by atoms with Crippen LogP contribution in [-0.4, -0.2) is 48.9 Å². The number of hydrogen-bond acceptors (Lipinski definition) is 3. The first-order chi connectivity index (χ1) is 10.1. The fourth-order valence-corrected chi connectivity index (χ4v) is 3.21. The van der Waals surface area contributed by atoms with E-state index in [1.54, 1.807) is 0 Å². The van der Waals surface area contributed by atoms with Gasteiger partial charge in [0.25, 0.3) is 0 Å². The molecular weight excluding hydrogens is 266 g/mol. The lowest BCUT2D eigenvalue weighted by molar-refractivity contribution is -0.135. The van der Waals surface area contributed by atoms with Crippen LogP contribution < -0.4 is 10.6 Å². The molecule has 0 saturated carbocycles. The van der Waals surface area contributed by atoms with Crippen LogP contribution in [0, 0.1) is 11.8 Å². The van der Waals surface area contributed by atoms with Gasteiger partial charge in [0.1, 0.15) is 0 Å². The van der Waals surface area contributed by atoms with Crippen LogP contribution in [0.25, 0.3) is 0 Å². The third kappa shape index (κ3) is 4.99. The van der Waals surface area contributed by atoms with Crippen molar-refractivity contribution in [3.63, 3.8) is 0 Å². The normalized spacial score (nSPS) is 23.6. The third-order valence-corrected chi connectivity index (χ3v) is 4.61. The Bertz CT molecular complexity index is 357. The van der Waals surface area contributed by atoms with Crippen LogP contribution in [-0.2, 0) is 9.59 Å². The molecule has 0 aromatic rings. The summed E-state index contributed by atoms with van der Waals surface area (Å²) in [7, 11) is 0. The van der Waals surface area contributed by atoms with Crippen molar-refractivity contribution in [2.45, 2.75) is 52.0 Å². The Morgan fingerprint density at radius 3 is 2.52 bits per heavy atom. The van der Waals surface area contributed by atoms with Gasteiger partial charge in [-0.2, -0.15) is 0 Å². The first-order valence-corrected chi connectivity index (χ1v) is 8.35. The molecule has 5 heteroatoms. The lowest BCUT2D eigenvalue weighted by atomic mass is 10.0. The summed E-state index contributed by atoms with van der Waals surface area (Å²) in [6.07, 6.45) is 4.59. The van der Waals surface area contributed by atoms with E-state index in [0.29, 0.717) is 12.3 Å². The van der Waals surface area contributed by atoms with Crippen molar-refractivity contribution in [3.05, 3.63) is 0 Å². The van der Waals surface area contributed by atoms with Crippen molar-refractivity contribution >= 4 is 11.8 Å². The van der Waals surface area contributed by atoms with Crippen LogP contribution in [0.3, 0.4) is 0 Å². The van der Waals surface area contributed by atoms with Crippen molar-refractivity contribution < 1.29 is 9.59 Å². The zero-order valence-electron chi connectivity index (χ0n) is 13.4. The summed E-state index contributed by atoms with van der Waals surface area (Å²) in [5.74, 6) is 1.14. The Labute approximate surface area is 127 Å². The van der Waals surface area contributed by atoms with Gasteiger partial charge in [0.15, 0.2) is 0 Å². The highest BCUT2D eigenvalue weighted by molar-refractivity contribution is 5.78. The Balaban J connectivity index is 1.63. The van der Waals surface area contributed by atoms with Crippen LogP contribution in [0.4, 0.5) is 0 Å². The summed E-state index contributed by atoms with van der Waals surface area (Å²) in [6, 6.07) is 0.246. The molecule has 1 unspecified atom stereocenters. The van der Waals surface area contributed by atoms with Crippen LogP contribution in [0.2, 0.25) is 0 Å². The van der Waals surface area contributed by atoms with E-state index >= 15 is 0 Å². The Kier molecular flexibility index (Phi) is 6.03. The molecule has 2 saturated heterocycles. The molecule has 2 fully saturated rings. The first kappa shape index (κ1) is 16.3. The molecule has 120 valence electrons. The number of amides is 2. The number of carbonyl (C=O) groups is 2. The molecule has 5 nitrogen and oxygen atoms in total. The van der Waals surface area contributed by atoms with Gasteiger partial charge in [0.2, 0.25) is 11.8 Å². The minimum absolute atomic E-state index is 0.0659. The van der Waals surface area contributed by atoms with E-state index in [4.69, 9.17) is 0 Å². The van der Waals surface area contributed by atoms with Crippen LogP contribution in [0.1, 0.15) is 46.0 Å². The highest BCUT2D eigenvalue weighted by Crippen LogP contribution is 2.16. The van der Waals surface area contributed by atoms with E-state index in [1.165, 1.54) is 6.42 Å². The van der Waals surface area contributed by atoms with E-state index in [9.17, 15) is 9.59 Å². The monoisotopic (exact) mass is 295 g/mol. The van der Waals surface area contributed by atoms with Gasteiger partial charge in [0, 0.05) is 31.5 Å². The molecule has 0 spiro atoms. The quantitative estimate of drug-likeness (QED) is 0.799. The van der Waals surface area contributed by atoms with Gasteiger partial charge in [0.05, 0.1) is 0 Å². The third-order valence-electron chi connectivity index (χ3n) is 4.61. The SMILES string of the molecule is CC(C)C(=O)N1CCC(NC(=O)CCC2CCNC2)CC1. The Morgan fingerprint density at radius 2 is 1.95 bits per heavy atom. The molecule has 0 aliphatic carbocycles. The molecule has 2 amide bonds. The summed E-state index contributed by atoms with van der Waals surface area (Å²) < 4.78 is 0. The van der Waals surface area contributed by atoms with Gasteiger partial charge < -0.3 is 15.5 Å². The van der Waals surface area contributed by atoms with Gasteiger partial charge in [-0.25, -0.2) is 0 Å². The van der Waals surface area contributed by atoms with E-state index < -0.39 is 0 Å². The van der Waals surface area contributed by atoms with Gasteiger partial charge in [-0.3, -0.25) is 9.59 Å². The summed E-state index contributed by atoms with van der Waals surface area (Å²) >= 11 is 0. The van der Waals surface area contributed by atoms with Gasteiger partial charge >= 0.3 is 0 Å². The topological polar surface area (TPSA) is 61.4 Å².